The zero-order chi connectivity index (χ0) is 11.9. The molecule has 0 amide bonds. The van der Waals surface area contributed by atoms with Crippen molar-refractivity contribution in [3.05, 3.63) is 25.3 Å². The number of carbonyl (C=O) groups excluding carboxylic acids is 1. The van der Waals surface area contributed by atoms with Crippen LogP contribution in [0.15, 0.2) is 25.3 Å². The second-order valence-corrected chi connectivity index (χ2v) is 4.01. The summed E-state index contributed by atoms with van der Waals surface area (Å²) in [6.07, 6.45) is 6.91. The number of carboxylic acid groups (broad SMARTS) is 1. The van der Waals surface area contributed by atoms with E-state index in [9.17, 15) is 9.90 Å². The SMILES string of the molecule is C=Cn1ccnc1.C[N+](C)(C)CC(=O)[O-]. The Bertz CT molecular complexity index is 299. The van der Waals surface area contributed by atoms with Gasteiger partial charge in [0.2, 0.25) is 0 Å². The summed E-state index contributed by atoms with van der Waals surface area (Å²) in [5, 5.41) is 9.89. The Morgan fingerprint density at radius 3 is 2.33 bits per heavy atom. The fraction of sp³-hybridized carbons (Fsp3) is 0.400. The summed E-state index contributed by atoms with van der Waals surface area (Å²) in [5.74, 6) is -1.00. The van der Waals surface area contributed by atoms with Crippen molar-refractivity contribution in [1.29, 1.82) is 0 Å². The van der Waals surface area contributed by atoms with E-state index in [2.05, 4.69) is 11.6 Å². The van der Waals surface area contributed by atoms with Crippen molar-refractivity contribution in [2.24, 2.45) is 0 Å². The summed E-state index contributed by atoms with van der Waals surface area (Å²) in [5.41, 5.74) is 0. The van der Waals surface area contributed by atoms with E-state index in [0.29, 0.717) is 4.48 Å². The number of nitrogens with zero attached hydrogens (tertiary/aromatic N) is 3. The van der Waals surface area contributed by atoms with E-state index in [4.69, 9.17) is 0 Å². The largest absolute Gasteiger partial charge is 0.544 e. The first-order chi connectivity index (χ1) is 6.85. The van der Waals surface area contributed by atoms with Crippen LogP contribution in [0.5, 0.6) is 0 Å². The zero-order valence-electron chi connectivity index (χ0n) is 9.38. The van der Waals surface area contributed by atoms with Crippen LogP contribution in [0.1, 0.15) is 0 Å². The van der Waals surface area contributed by atoms with Gasteiger partial charge in [0.05, 0.1) is 33.4 Å². The van der Waals surface area contributed by atoms with E-state index in [1.165, 1.54) is 0 Å². The maximum atomic E-state index is 9.89. The normalized spacial score (nSPS) is 10.1. The van der Waals surface area contributed by atoms with Crippen LogP contribution in [-0.4, -0.2) is 47.7 Å². The molecule has 15 heavy (non-hydrogen) atoms. The van der Waals surface area contributed by atoms with E-state index < -0.39 is 5.97 Å². The zero-order valence-corrected chi connectivity index (χ0v) is 9.38. The molecule has 1 heterocycles. The maximum Gasteiger partial charge on any atom is 0.118 e. The summed E-state index contributed by atoms with van der Waals surface area (Å²) < 4.78 is 2.20. The molecule has 0 aliphatic rings. The summed E-state index contributed by atoms with van der Waals surface area (Å²) in [7, 11) is 5.40. The Kier molecular flexibility index (Phi) is 5.33. The molecule has 84 valence electrons. The minimum atomic E-state index is -1.00. The van der Waals surface area contributed by atoms with Crippen LogP contribution in [0.3, 0.4) is 0 Å². The number of carbonyl (C=O) groups is 1. The smallest absolute Gasteiger partial charge is 0.118 e. The molecule has 1 rings (SSSR count). The van der Waals surface area contributed by atoms with Crippen LogP contribution in [-0.2, 0) is 4.79 Å². The highest BCUT2D eigenvalue weighted by Gasteiger charge is 2.04. The van der Waals surface area contributed by atoms with Gasteiger partial charge in [-0.1, -0.05) is 6.58 Å². The molecule has 0 radical (unpaired) electrons. The van der Waals surface area contributed by atoms with Gasteiger partial charge >= 0.3 is 0 Å². The maximum absolute atomic E-state index is 9.89. The van der Waals surface area contributed by atoms with Crippen LogP contribution in [0.4, 0.5) is 0 Å². The van der Waals surface area contributed by atoms with Gasteiger partial charge < -0.3 is 19.0 Å². The standard InChI is InChI=1S/C5H6N2.C5H11NO2/c1-2-7-4-3-6-5-7;1-6(2,3)4-5(7)8/h2-5H,1H2;4H2,1-3H3. The van der Waals surface area contributed by atoms with Crippen molar-refractivity contribution in [2.45, 2.75) is 0 Å². The number of imidazole rings is 1. The van der Waals surface area contributed by atoms with Gasteiger partial charge in [0.15, 0.2) is 0 Å². The number of quaternary nitrogens is 1. The lowest BCUT2D eigenvalue weighted by Gasteiger charge is -2.23. The molecule has 0 aliphatic heterocycles. The third-order valence-electron chi connectivity index (χ3n) is 1.34. The van der Waals surface area contributed by atoms with E-state index in [1.54, 1.807) is 44.4 Å². The van der Waals surface area contributed by atoms with Gasteiger partial charge in [0.1, 0.15) is 6.54 Å². The highest BCUT2D eigenvalue weighted by Crippen LogP contribution is 1.85. The third kappa shape index (κ3) is 8.70. The van der Waals surface area contributed by atoms with Gasteiger partial charge in [-0.15, -0.1) is 0 Å². The Hall–Kier alpha value is -1.62. The average Bonchev–Trinajstić information content (AvgIpc) is 2.51. The van der Waals surface area contributed by atoms with Crippen molar-refractivity contribution in [3.8, 4) is 0 Å². The molecule has 0 spiro atoms. The highest BCUT2D eigenvalue weighted by molar-refractivity contribution is 5.65. The second-order valence-electron chi connectivity index (χ2n) is 4.01. The highest BCUT2D eigenvalue weighted by atomic mass is 16.4. The van der Waals surface area contributed by atoms with E-state index >= 15 is 0 Å². The molecule has 0 saturated carbocycles. The van der Waals surface area contributed by atoms with Crippen LogP contribution in [0, 0.1) is 0 Å². The number of aliphatic carboxylic acids is 1. The second kappa shape index (κ2) is 5.98. The van der Waals surface area contributed by atoms with Gasteiger partial charge in [-0.2, -0.15) is 0 Å². The van der Waals surface area contributed by atoms with Crippen LogP contribution in [0.2, 0.25) is 0 Å². The molecule has 5 heteroatoms. The topological polar surface area (TPSA) is 58.0 Å². The van der Waals surface area contributed by atoms with Gasteiger partial charge in [-0.3, -0.25) is 0 Å². The molecule has 1 aromatic heterocycles. The molecule has 1 aromatic rings. The predicted molar refractivity (Wildman–Crippen MR) is 56.5 cm³/mol. The van der Waals surface area contributed by atoms with Crippen molar-refractivity contribution in [1.82, 2.24) is 9.55 Å². The molecular weight excluding hydrogens is 194 g/mol. The molecule has 0 unspecified atom stereocenters. The molecule has 0 N–H and O–H groups in total. The average molecular weight is 211 g/mol. The number of hydrogen-bond donors (Lipinski definition) is 0. The fourth-order valence-corrected chi connectivity index (χ4v) is 0.765. The number of rotatable bonds is 3. The lowest BCUT2D eigenvalue weighted by molar-refractivity contribution is -0.864. The number of carboxylic acids is 1. The van der Waals surface area contributed by atoms with E-state index in [-0.39, 0.29) is 6.54 Å². The summed E-state index contributed by atoms with van der Waals surface area (Å²) in [6, 6.07) is 0. The van der Waals surface area contributed by atoms with Crippen LogP contribution in [0.25, 0.3) is 6.20 Å². The van der Waals surface area contributed by atoms with Crippen LogP contribution >= 0.6 is 0 Å². The molecule has 0 saturated heterocycles. The Labute approximate surface area is 89.9 Å². The third-order valence-corrected chi connectivity index (χ3v) is 1.34. The number of likely N-dealkylation sites (N-methyl/N-ethyl adjacent to an activating group) is 1. The van der Waals surface area contributed by atoms with E-state index in [1.807, 2.05) is 6.20 Å². The van der Waals surface area contributed by atoms with Crippen molar-refractivity contribution < 1.29 is 14.4 Å². The van der Waals surface area contributed by atoms with Crippen molar-refractivity contribution >= 4 is 12.2 Å². The van der Waals surface area contributed by atoms with Gasteiger partial charge in [-0.05, 0) is 0 Å². The fourth-order valence-electron chi connectivity index (χ4n) is 0.765. The Morgan fingerprint density at radius 1 is 1.60 bits per heavy atom. The molecule has 0 bridgehead atoms. The van der Waals surface area contributed by atoms with Crippen molar-refractivity contribution in [2.75, 3.05) is 27.7 Å². The summed E-state index contributed by atoms with van der Waals surface area (Å²) >= 11 is 0. The monoisotopic (exact) mass is 211 g/mol. The first kappa shape index (κ1) is 13.4. The van der Waals surface area contributed by atoms with E-state index in [0.717, 1.165) is 0 Å². The Balaban J connectivity index is 0.000000262. The molecular formula is C10H17N3O2. The quantitative estimate of drug-likeness (QED) is 0.629. The lowest BCUT2D eigenvalue weighted by Crippen LogP contribution is -2.45. The minimum Gasteiger partial charge on any atom is -0.544 e. The van der Waals surface area contributed by atoms with Crippen LogP contribution < -0.4 is 5.11 Å². The summed E-state index contributed by atoms with van der Waals surface area (Å²) in [4.78, 5) is 13.7. The summed E-state index contributed by atoms with van der Waals surface area (Å²) in [6.45, 7) is 3.60. The van der Waals surface area contributed by atoms with Crippen molar-refractivity contribution in [3.63, 3.8) is 0 Å². The first-order valence-electron chi connectivity index (χ1n) is 4.45. The number of aromatic nitrogens is 2. The van der Waals surface area contributed by atoms with Gasteiger partial charge in [0.25, 0.3) is 0 Å². The van der Waals surface area contributed by atoms with Gasteiger partial charge in [-0.25, -0.2) is 4.98 Å². The predicted octanol–water partition coefficient (Wildman–Crippen LogP) is -0.574. The van der Waals surface area contributed by atoms with Gasteiger partial charge in [0, 0.05) is 18.6 Å². The molecule has 0 aromatic carbocycles. The molecule has 0 atom stereocenters. The molecule has 0 fully saturated rings. The molecule has 0 aliphatic carbocycles. The first-order valence-corrected chi connectivity index (χ1v) is 4.45. The molecule has 5 nitrogen and oxygen atoms in total. The number of hydrogen-bond acceptors (Lipinski definition) is 3. The lowest BCUT2D eigenvalue weighted by atomic mass is 10.5. The minimum absolute atomic E-state index is 0.0694. The Morgan fingerprint density at radius 2 is 2.20 bits per heavy atom.